The van der Waals surface area contributed by atoms with Crippen LogP contribution in [-0.4, -0.2) is 141 Å². The number of carbonyl (C=O) groups excluding carboxylic acids is 9. The quantitative estimate of drug-likeness (QED) is 0.0478. The zero-order valence-electron chi connectivity index (χ0n) is 36.0. The molecule has 2 aromatic carbocycles. The van der Waals surface area contributed by atoms with E-state index in [1.54, 1.807) is 60.7 Å². The molecule has 0 bridgehead atoms. The van der Waals surface area contributed by atoms with E-state index in [2.05, 4.69) is 58.5 Å². The molecule has 24 nitrogen and oxygen atoms in total. The molecule has 0 radical (unpaired) electrons. The highest BCUT2D eigenvalue weighted by Crippen LogP contribution is 2.10. The third-order valence-electron chi connectivity index (χ3n) is 9.94. The van der Waals surface area contributed by atoms with Gasteiger partial charge < -0.3 is 74.7 Å². The molecule has 1 heterocycles. The smallest absolute Gasteiger partial charge is 0.243 e. The van der Waals surface area contributed by atoms with Crippen LogP contribution in [0.1, 0.15) is 36.8 Å². The van der Waals surface area contributed by atoms with Gasteiger partial charge in [0.2, 0.25) is 47.3 Å². The lowest BCUT2D eigenvalue weighted by Gasteiger charge is -2.32. The zero-order chi connectivity index (χ0) is 47.8. The average molecular weight is 906 g/mol. The topological polar surface area (TPSA) is 386 Å². The van der Waals surface area contributed by atoms with Crippen LogP contribution in [0.15, 0.2) is 60.7 Å². The van der Waals surface area contributed by atoms with Gasteiger partial charge in [-0.15, -0.1) is 0 Å². The lowest BCUT2D eigenvalue weighted by molar-refractivity contribution is -0.133. The minimum atomic E-state index is -1.81. The maximum absolute atomic E-state index is 14.1. The lowest BCUT2D eigenvalue weighted by atomic mass is 9.95. The molecule has 0 aromatic heterocycles. The van der Waals surface area contributed by atoms with E-state index in [-0.39, 0.29) is 51.6 Å². The van der Waals surface area contributed by atoms with Crippen molar-refractivity contribution in [1.82, 2.24) is 58.5 Å². The van der Waals surface area contributed by atoms with E-state index in [1.807, 2.05) is 0 Å². The molecule has 65 heavy (non-hydrogen) atoms. The second kappa shape index (κ2) is 26.8. The summed E-state index contributed by atoms with van der Waals surface area (Å²) in [5.41, 5.74) is 10.3. The van der Waals surface area contributed by atoms with E-state index in [9.17, 15) is 43.2 Å². The molecule has 1 saturated heterocycles. The normalized spacial score (nSPS) is 22.1. The predicted octanol–water partition coefficient (Wildman–Crippen LogP) is -5.43. The molecule has 24 heteroatoms. The first-order valence-corrected chi connectivity index (χ1v) is 20.7. The van der Waals surface area contributed by atoms with Crippen LogP contribution < -0.4 is 70.0 Å². The summed E-state index contributed by atoms with van der Waals surface area (Å²) >= 11 is 0. The monoisotopic (exact) mass is 905 g/mol. The van der Waals surface area contributed by atoms with Gasteiger partial charge in [0.15, 0.2) is 11.9 Å². The zero-order valence-corrected chi connectivity index (χ0v) is 36.0. The van der Waals surface area contributed by atoms with Gasteiger partial charge in [-0.1, -0.05) is 60.7 Å². The fourth-order valence-electron chi connectivity index (χ4n) is 6.47. The van der Waals surface area contributed by atoms with E-state index in [0.717, 1.165) is 0 Å². The van der Waals surface area contributed by atoms with E-state index in [0.29, 0.717) is 17.4 Å². The first-order valence-electron chi connectivity index (χ1n) is 20.7. The molecule has 0 saturated carbocycles. The molecule has 1 aliphatic heterocycles. The Morgan fingerprint density at radius 3 is 1.66 bits per heavy atom. The van der Waals surface area contributed by atoms with Crippen molar-refractivity contribution in [3.8, 4) is 0 Å². The summed E-state index contributed by atoms with van der Waals surface area (Å²) in [6, 6.07) is 12.2. The number of nitrogens with one attached hydrogen (secondary N) is 13. The van der Waals surface area contributed by atoms with Crippen LogP contribution in [0.4, 0.5) is 0 Å². The number of guanidine groups is 2. The maximum Gasteiger partial charge on any atom is 0.243 e. The molecular formula is C41H59N15O9. The highest BCUT2D eigenvalue weighted by Gasteiger charge is 2.35. The summed E-state index contributed by atoms with van der Waals surface area (Å²) in [4.78, 5) is 120. The number of aldehydes is 1. The molecule has 0 spiro atoms. The number of hydrogen-bond acceptors (Lipinski definition) is 12. The second-order valence-electron chi connectivity index (χ2n) is 15.0. The Labute approximate surface area is 375 Å². The van der Waals surface area contributed by atoms with Crippen LogP contribution >= 0.6 is 0 Å². The van der Waals surface area contributed by atoms with Crippen molar-refractivity contribution in [2.24, 2.45) is 11.5 Å². The Hall–Kier alpha value is -7.63. The Morgan fingerprint density at radius 1 is 0.662 bits per heavy atom. The van der Waals surface area contributed by atoms with Gasteiger partial charge in [-0.3, -0.25) is 49.2 Å². The third kappa shape index (κ3) is 19.1. The van der Waals surface area contributed by atoms with Gasteiger partial charge in [0.05, 0.1) is 25.7 Å². The van der Waals surface area contributed by atoms with E-state index in [4.69, 9.17) is 22.3 Å². The maximum atomic E-state index is 14.1. The third-order valence-corrected chi connectivity index (χ3v) is 9.94. The van der Waals surface area contributed by atoms with Crippen molar-refractivity contribution in [3.63, 3.8) is 0 Å². The summed E-state index contributed by atoms with van der Waals surface area (Å²) in [5, 5.41) is 43.1. The summed E-state index contributed by atoms with van der Waals surface area (Å²) in [6.45, 7) is -2.66. The van der Waals surface area contributed by atoms with Crippen molar-refractivity contribution in [2.75, 3.05) is 46.3 Å². The SMILES string of the molecule is CNC(=O)CC[C@@H]1NC[C@@](C=O)(CCNC(=N)N)NC(=O)CNC(=O)[C@@H](CCNC(=N)N)NC(=O)CNC(=O)[C@H](Cc2ccccc2)NC(=O)[C@@H](Cc2ccccc2)NC(=O)CNC1=O. The summed E-state index contributed by atoms with van der Waals surface area (Å²) in [7, 11) is 1.40. The number of hydrogen-bond donors (Lipinski definition) is 15. The van der Waals surface area contributed by atoms with Gasteiger partial charge in [0, 0.05) is 45.9 Å². The molecule has 0 aliphatic carbocycles. The molecule has 5 atom stereocenters. The van der Waals surface area contributed by atoms with E-state index < -0.39 is 115 Å². The van der Waals surface area contributed by atoms with Gasteiger partial charge in [-0.25, -0.2) is 0 Å². The molecule has 1 fully saturated rings. The van der Waals surface area contributed by atoms with Gasteiger partial charge in [-0.2, -0.15) is 0 Å². The van der Waals surface area contributed by atoms with Crippen molar-refractivity contribution in [1.29, 1.82) is 10.8 Å². The van der Waals surface area contributed by atoms with Crippen molar-refractivity contribution < 1.29 is 43.2 Å². The lowest BCUT2D eigenvalue weighted by Crippen LogP contribution is -2.62. The fraction of sp³-hybridized carbons (Fsp3) is 0.439. The van der Waals surface area contributed by atoms with Crippen LogP contribution in [0.2, 0.25) is 0 Å². The molecule has 8 amide bonds. The van der Waals surface area contributed by atoms with Gasteiger partial charge in [-0.05, 0) is 30.4 Å². The van der Waals surface area contributed by atoms with Crippen molar-refractivity contribution in [3.05, 3.63) is 71.8 Å². The van der Waals surface area contributed by atoms with Gasteiger partial charge >= 0.3 is 0 Å². The number of rotatable bonds is 14. The highest BCUT2D eigenvalue weighted by molar-refractivity contribution is 5.96. The highest BCUT2D eigenvalue weighted by atomic mass is 16.2. The Morgan fingerprint density at radius 2 is 1.14 bits per heavy atom. The molecule has 0 unspecified atom stereocenters. The van der Waals surface area contributed by atoms with Gasteiger partial charge in [0.25, 0.3) is 0 Å². The van der Waals surface area contributed by atoms with Crippen molar-refractivity contribution in [2.45, 2.75) is 68.2 Å². The molecule has 352 valence electrons. The standard InChI is InChI=1S/C41H59N15O9/c1-46-31(58)13-12-27-35(62)49-21-33(60)54-30(19-26-10-6-3-7-11-26)38(65)55-29(18-25-8-4-2-5-9-25)37(64)50-20-32(59)53-28(14-16-47-39(42)43)36(63)51-22-34(61)56-41(24-57,23-52-27)15-17-48-40(44)45/h2-11,24,27-30,52H,12-23H2,1H3,(H,46,58)(H,49,62)(H,50,64)(H,51,63)(H,53,59)(H,54,60)(H,55,65)(H,56,61)(H4,42,43,47)(H4,44,45,48)/t27-,28+,29-,30+,41+/m0/s1. The first kappa shape index (κ1) is 51.7. The fourth-order valence-corrected chi connectivity index (χ4v) is 6.47. The summed E-state index contributed by atoms with van der Waals surface area (Å²) < 4.78 is 0. The number of carbonyl (C=O) groups is 9. The minimum Gasteiger partial charge on any atom is -0.370 e. The van der Waals surface area contributed by atoms with E-state index in [1.165, 1.54) is 7.05 Å². The van der Waals surface area contributed by atoms with Crippen LogP contribution in [0.3, 0.4) is 0 Å². The molecule has 3 rings (SSSR count). The summed E-state index contributed by atoms with van der Waals surface area (Å²) in [6.07, 6.45) is -0.352. The minimum absolute atomic E-state index is 0.0328. The van der Waals surface area contributed by atoms with Crippen molar-refractivity contribution >= 4 is 65.5 Å². The first-order chi connectivity index (χ1) is 31.0. The Bertz CT molecular complexity index is 2010. The van der Waals surface area contributed by atoms with Crippen LogP contribution in [0, 0.1) is 10.8 Å². The molecule has 1 aliphatic rings. The Balaban J connectivity index is 2.03. The molecule has 17 N–H and O–H groups in total. The molecular weight excluding hydrogens is 847 g/mol. The molecule has 2 aromatic rings. The summed E-state index contributed by atoms with van der Waals surface area (Å²) in [5.74, 6) is -7.01. The van der Waals surface area contributed by atoms with Crippen LogP contribution in [0.25, 0.3) is 0 Å². The van der Waals surface area contributed by atoms with Crippen LogP contribution in [-0.2, 0) is 56.0 Å². The average Bonchev–Trinajstić information content (AvgIpc) is 3.28. The number of nitrogens with two attached hydrogens (primary N) is 2. The number of amides is 8. The number of benzene rings is 2. The second-order valence-corrected chi connectivity index (χ2v) is 15.0. The largest absolute Gasteiger partial charge is 0.370 e. The van der Waals surface area contributed by atoms with E-state index >= 15 is 0 Å². The van der Waals surface area contributed by atoms with Gasteiger partial charge in [0.1, 0.15) is 30.0 Å². The van der Waals surface area contributed by atoms with Crippen LogP contribution in [0.5, 0.6) is 0 Å². The Kier molecular flexibility index (Phi) is 21.3. The predicted molar refractivity (Wildman–Crippen MR) is 236 cm³/mol.